The zero-order valence-electron chi connectivity index (χ0n) is 12.3. The first-order valence-electron chi connectivity index (χ1n) is 7.20. The van der Waals surface area contributed by atoms with E-state index in [1.807, 2.05) is 27.7 Å². The highest BCUT2D eigenvalue weighted by Crippen LogP contribution is 2.22. The summed E-state index contributed by atoms with van der Waals surface area (Å²) in [6.07, 6.45) is 3.82. The Bertz CT molecular complexity index is 323. The van der Waals surface area contributed by atoms with E-state index in [0.29, 0.717) is 0 Å². The number of nitrogens with zero attached hydrogens (tertiary/aromatic N) is 1. The maximum Gasteiger partial charge on any atom is 0.326 e. The van der Waals surface area contributed by atoms with Gasteiger partial charge in [-0.05, 0) is 39.0 Å². The maximum atomic E-state index is 12.3. The van der Waals surface area contributed by atoms with Crippen LogP contribution in [0, 0.1) is 5.92 Å². The van der Waals surface area contributed by atoms with Gasteiger partial charge in [0.1, 0.15) is 6.04 Å². The largest absolute Gasteiger partial charge is 0.480 e. The van der Waals surface area contributed by atoms with Crippen LogP contribution in [0.1, 0.15) is 53.4 Å². The van der Waals surface area contributed by atoms with Gasteiger partial charge in [0.15, 0.2) is 0 Å². The van der Waals surface area contributed by atoms with Crippen molar-refractivity contribution < 1.29 is 14.7 Å². The molecule has 4 atom stereocenters. The summed E-state index contributed by atoms with van der Waals surface area (Å²) in [4.78, 5) is 25.3. The molecule has 1 rings (SSSR count). The number of carbonyl (C=O) groups excluding carboxylic acids is 1. The Labute approximate surface area is 115 Å². The first-order valence-corrected chi connectivity index (χ1v) is 7.20. The van der Waals surface area contributed by atoms with Crippen molar-refractivity contribution in [1.29, 1.82) is 0 Å². The lowest BCUT2D eigenvalue weighted by molar-refractivity contribution is -0.140. The third kappa shape index (κ3) is 3.85. The average molecular weight is 270 g/mol. The molecule has 5 heteroatoms. The van der Waals surface area contributed by atoms with Gasteiger partial charge in [-0.25, -0.2) is 9.59 Å². The van der Waals surface area contributed by atoms with Gasteiger partial charge in [-0.3, -0.25) is 0 Å². The predicted molar refractivity (Wildman–Crippen MR) is 74.0 cm³/mol. The number of piperidine rings is 1. The van der Waals surface area contributed by atoms with Gasteiger partial charge in [0.25, 0.3) is 0 Å². The van der Waals surface area contributed by atoms with Crippen LogP contribution < -0.4 is 5.32 Å². The highest BCUT2D eigenvalue weighted by atomic mass is 16.4. The summed E-state index contributed by atoms with van der Waals surface area (Å²) >= 11 is 0. The second-order valence-corrected chi connectivity index (χ2v) is 5.69. The highest BCUT2D eigenvalue weighted by Gasteiger charge is 2.33. The summed E-state index contributed by atoms with van der Waals surface area (Å²) in [5, 5.41) is 11.9. The maximum absolute atomic E-state index is 12.3. The van der Waals surface area contributed by atoms with Gasteiger partial charge in [-0.2, -0.15) is 0 Å². The normalized spacial score (nSPS) is 26.6. The van der Waals surface area contributed by atoms with Crippen LogP contribution in [0.4, 0.5) is 4.79 Å². The van der Waals surface area contributed by atoms with Crippen LogP contribution in [0.5, 0.6) is 0 Å². The molecule has 1 saturated heterocycles. The first-order chi connectivity index (χ1) is 8.88. The molecular formula is C14H26N2O3. The van der Waals surface area contributed by atoms with E-state index in [4.69, 9.17) is 0 Å². The Kier molecular flexibility index (Phi) is 5.63. The van der Waals surface area contributed by atoms with Crippen molar-refractivity contribution in [2.75, 3.05) is 0 Å². The molecule has 5 nitrogen and oxygen atoms in total. The van der Waals surface area contributed by atoms with Crippen molar-refractivity contribution in [3.8, 4) is 0 Å². The second kappa shape index (κ2) is 6.78. The fourth-order valence-electron chi connectivity index (χ4n) is 2.71. The van der Waals surface area contributed by atoms with Crippen molar-refractivity contribution in [3.05, 3.63) is 0 Å². The fraction of sp³-hybridized carbons (Fsp3) is 0.857. The third-order valence-electron chi connectivity index (χ3n) is 4.19. The standard InChI is InChI=1S/C14H26N2O3/c1-5-9(2)12(13(17)18)15-14(19)16-10(3)7-6-8-11(16)4/h9-12H,5-8H2,1-4H3,(H,15,19)(H,17,18)/t9-,10-,11+,12-/m0/s1. The molecule has 2 N–H and O–H groups in total. The van der Waals surface area contributed by atoms with E-state index < -0.39 is 12.0 Å². The van der Waals surface area contributed by atoms with Gasteiger partial charge in [0.2, 0.25) is 0 Å². The van der Waals surface area contributed by atoms with E-state index in [1.165, 1.54) is 0 Å². The number of amides is 2. The first kappa shape index (κ1) is 15.8. The monoisotopic (exact) mass is 270 g/mol. The summed E-state index contributed by atoms with van der Waals surface area (Å²) < 4.78 is 0. The van der Waals surface area contributed by atoms with Crippen molar-refractivity contribution in [2.45, 2.75) is 71.5 Å². The summed E-state index contributed by atoms with van der Waals surface area (Å²) in [7, 11) is 0. The number of urea groups is 1. The molecule has 2 amide bonds. The topological polar surface area (TPSA) is 69.6 Å². The molecule has 1 fully saturated rings. The van der Waals surface area contributed by atoms with Gasteiger partial charge >= 0.3 is 12.0 Å². The second-order valence-electron chi connectivity index (χ2n) is 5.69. The molecule has 0 aromatic carbocycles. The van der Waals surface area contributed by atoms with Crippen LogP contribution in [0.2, 0.25) is 0 Å². The fourth-order valence-corrected chi connectivity index (χ4v) is 2.71. The minimum absolute atomic E-state index is 0.0724. The van der Waals surface area contributed by atoms with E-state index in [0.717, 1.165) is 25.7 Å². The molecule has 0 saturated carbocycles. The lowest BCUT2D eigenvalue weighted by Crippen LogP contribution is -2.56. The zero-order chi connectivity index (χ0) is 14.6. The SMILES string of the molecule is CC[C@H](C)[C@H](NC(=O)N1[C@H](C)CCC[C@@H]1C)C(=O)O. The molecule has 0 aliphatic carbocycles. The number of carboxylic acids is 1. The summed E-state index contributed by atoms with van der Waals surface area (Å²) in [5.74, 6) is -1.03. The Balaban J connectivity index is 2.73. The van der Waals surface area contributed by atoms with E-state index in [2.05, 4.69) is 5.32 Å². The molecule has 0 bridgehead atoms. The predicted octanol–water partition coefficient (Wildman–Crippen LogP) is 2.46. The summed E-state index contributed by atoms with van der Waals surface area (Å²) in [6, 6.07) is -0.698. The van der Waals surface area contributed by atoms with E-state index in [-0.39, 0.29) is 24.0 Å². The van der Waals surface area contributed by atoms with Crippen LogP contribution in [0.15, 0.2) is 0 Å². The molecule has 1 aliphatic heterocycles. The Morgan fingerprint density at radius 2 is 1.84 bits per heavy atom. The van der Waals surface area contributed by atoms with Crippen LogP contribution in [-0.2, 0) is 4.79 Å². The summed E-state index contributed by atoms with van der Waals surface area (Å²) in [5.41, 5.74) is 0. The van der Waals surface area contributed by atoms with Crippen LogP contribution in [0.25, 0.3) is 0 Å². The summed E-state index contributed by atoms with van der Waals surface area (Å²) in [6.45, 7) is 7.82. The van der Waals surface area contributed by atoms with E-state index in [1.54, 1.807) is 4.90 Å². The number of carbonyl (C=O) groups is 2. The average Bonchev–Trinajstić information content (AvgIpc) is 2.34. The lowest BCUT2D eigenvalue weighted by Gasteiger charge is -2.39. The number of likely N-dealkylation sites (tertiary alicyclic amines) is 1. The quantitative estimate of drug-likeness (QED) is 0.824. The van der Waals surface area contributed by atoms with Crippen molar-refractivity contribution in [1.82, 2.24) is 10.2 Å². The lowest BCUT2D eigenvalue weighted by atomic mass is 9.97. The Morgan fingerprint density at radius 3 is 2.26 bits per heavy atom. The smallest absolute Gasteiger partial charge is 0.326 e. The zero-order valence-corrected chi connectivity index (χ0v) is 12.3. The molecule has 1 heterocycles. The highest BCUT2D eigenvalue weighted by molar-refractivity contribution is 5.83. The number of carboxylic acid groups (broad SMARTS) is 1. The van der Waals surface area contributed by atoms with Crippen molar-refractivity contribution >= 4 is 12.0 Å². The molecule has 110 valence electrons. The molecule has 0 spiro atoms. The number of nitrogens with one attached hydrogen (secondary N) is 1. The number of aliphatic carboxylic acids is 1. The Morgan fingerprint density at radius 1 is 1.32 bits per heavy atom. The molecule has 0 aromatic rings. The number of hydrogen-bond donors (Lipinski definition) is 2. The molecule has 0 radical (unpaired) electrons. The van der Waals surface area contributed by atoms with Gasteiger partial charge in [-0.1, -0.05) is 20.3 Å². The van der Waals surface area contributed by atoms with Crippen molar-refractivity contribution in [3.63, 3.8) is 0 Å². The molecular weight excluding hydrogens is 244 g/mol. The Hall–Kier alpha value is -1.26. The van der Waals surface area contributed by atoms with Gasteiger partial charge < -0.3 is 15.3 Å². The van der Waals surface area contributed by atoms with E-state index in [9.17, 15) is 14.7 Å². The molecule has 1 aliphatic rings. The third-order valence-corrected chi connectivity index (χ3v) is 4.19. The molecule has 19 heavy (non-hydrogen) atoms. The molecule has 0 unspecified atom stereocenters. The van der Waals surface area contributed by atoms with Crippen LogP contribution in [-0.4, -0.2) is 40.1 Å². The van der Waals surface area contributed by atoms with Gasteiger partial charge in [0, 0.05) is 12.1 Å². The van der Waals surface area contributed by atoms with Gasteiger partial charge in [-0.15, -0.1) is 0 Å². The minimum atomic E-state index is -0.958. The van der Waals surface area contributed by atoms with Crippen LogP contribution >= 0.6 is 0 Å². The minimum Gasteiger partial charge on any atom is -0.480 e. The number of rotatable bonds is 4. The van der Waals surface area contributed by atoms with Crippen LogP contribution in [0.3, 0.4) is 0 Å². The van der Waals surface area contributed by atoms with Crippen molar-refractivity contribution in [2.24, 2.45) is 5.92 Å². The van der Waals surface area contributed by atoms with Gasteiger partial charge in [0.05, 0.1) is 0 Å². The molecule has 0 aromatic heterocycles. The van der Waals surface area contributed by atoms with E-state index >= 15 is 0 Å². The number of hydrogen-bond acceptors (Lipinski definition) is 2.